The molecule has 1 aromatic carbocycles. The van der Waals surface area contributed by atoms with Crippen LogP contribution in [0.1, 0.15) is 67.8 Å². The normalized spacial score (nSPS) is 15.7. The van der Waals surface area contributed by atoms with Gasteiger partial charge in [0.2, 0.25) is 0 Å². The lowest BCUT2D eigenvalue weighted by Crippen LogP contribution is -2.26. The molecule has 0 amide bonds. The summed E-state index contributed by atoms with van der Waals surface area (Å²) in [7, 11) is 0. The Morgan fingerprint density at radius 1 is 1.15 bits per heavy atom. The lowest BCUT2D eigenvalue weighted by atomic mass is 10.0. The molecule has 0 spiro atoms. The summed E-state index contributed by atoms with van der Waals surface area (Å²) in [6, 6.07) is 8.94. The number of hydrogen-bond donors (Lipinski definition) is 1. The molecule has 1 fully saturated rings. The van der Waals surface area contributed by atoms with Gasteiger partial charge in [-0.05, 0) is 44.2 Å². The van der Waals surface area contributed by atoms with Crippen molar-refractivity contribution in [2.45, 2.75) is 64.3 Å². The molecule has 1 aromatic rings. The monoisotopic (exact) mass is 273 g/mol. The van der Waals surface area contributed by atoms with Crippen LogP contribution < -0.4 is 5.32 Å². The molecule has 1 N–H and O–H groups in total. The van der Waals surface area contributed by atoms with E-state index in [0.29, 0.717) is 6.42 Å². The van der Waals surface area contributed by atoms with E-state index in [4.69, 9.17) is 0 Å². The topological polar surface area (TPSA) is 29.1 Å². The Bertz CT molecular complexity index is 404. The molecular formula is C18H27NO. The average molecular weight is 273 g/mol. The summed E-state index contributed by atoms with van der Waals surface area (Å²) in [5.41, 5.74) is 2.19. The van der Waals surface area contributed by atoms with Crippen molar-refractivity contribution in [3.05, 3.63) is 35.4 Å². The number of Topliss-reactive ketones (excluding diaryl/α,β-unsaturated/α-hetero) is 1. The fraction of sp³-hybridized carbons (Fsp3) is 0.611. The van der Waals surface area contributed by atoms with Crippen LogP contribution in [0, 0.1) is 0 Å². The molecule has 0 unspecified atom stereocenters. The van der Waals surface area contributed by atoms with Crippen molar-refractivity contribution >= 4 is 5.78 Å². The van der Waals surface area contributed by atoms with Crippen LogP contribution in [-0.4, -0.2) is 18.4 Å². The van der Waals surface area contributed by atoms with Crippen molar-refractivity contribution in [3.8, 4) is 0 Å². The van der Waals surface area contributed by atoms with E-state index in [1.165, 1.54) is 44.1 Å². The summed E-state index contributed by atoms with van der Waals surface area (Å²) in [6.45, 7) is 3.06. The average Bonchev–Trinajstić information content (AvgIpc) is 3.00. The van der Waals surface area contributed by atoms with Gasteiger partial charge in [-0.2, -0.15) is 0 Å². The van der Waals surface area contributed by atoms with Gasteiger partial charge in [-0.15, -0.1) is 0 Å². The number of aryl methyl sites for hydroxylation is 1. The van der Waals surface area contributed by atoms with E-state index < -0.39 is 0 Å². The quantitative estimate of drug-likeness (QED) is 0.570. The minimum atomic E-state index is 0.234. The van der Waals surface area contributed by atoms with Gasteiger partial charge in [0.15, 0.2) is 5.78 Å². The van der Waals surface area contributed by atoms with Crippen molar-refractivity contribution in [2.75, 3.05) is 6.54 Å². The summed E-state index contributed by atoms with van der Waals surface area (Å²) in [5, 5.41) is 3.65. The van der Waals surface area contributed by atoms with Crippen LogP contribution in [0.2, 0.25) is 0 Å². The van der Waals surface area contributed by atoms with E-state index in [2.05, 4.69) is 17.4 Å². The second-order valence-corrected chi connectivity index (χ2v) is 5.87. The van der Waals surface area contributed by atoms with Crippen LogP contribution in [0.5, 0.6) is 0 Å². The second kappa shape index (κ2) is 8.21. The van der Waals surface area contributed by atoms with E-state index in [9.17, 15) is 4.79 Å². The lowest BCUT2D eigenvalue weighted by Gasteiger charge is -2.11. The highest BCUT2D eigenvalue weighted by atomic mass is 16.1. The number of ketones is 1. The Morgan fingerprint density at radius 3 is 2.50 bits per heavy atom. The minimum absolute atomic E-state index is 0.234. The van der Waals surface area contributed by atoms with Gasteiger partial charge in [0.1, 0.15) is 0 Å². The summed E-state index contributed by atoms with van der Waals surface area (Å²) >= 11 is 0. The van der Waals surface area contributed by atoms with E-state index in [1.807, 2.05) is 19.1 Å². The van der Waals surface area contributed by atoms with Crippen LogP contribution in [0.25, 0.3) is 0 Å². The largest absolute Gasteiger partial charge is 0.314 e. The molecule has 110 valence electrons. The van der Waals surface area contributed by atoms with E-state index >= 15 is 0 Å². The van der Waals surface area contributed by atoms with Crippen molar-refractivity contribution in [1.29, 1.82) is 0 Å². The highest BCUT2D eigenvalue weighted by Crippen LogP contribution is 2.17. The van der Waals surface area contributed by atoms with Gasteiger partial charge in [0.25, 0.3) is 0 Å². The van der Waals surface area contributed by atoms with Crippen LogP contribution in [0.3, 0.4) is 0 Å². The number of unbranched alkanes of at least 4 members (excludes halogenated alkanes) is 1. The van der Waals surface area contributed by atoms with Gasteiger partial charge in [0, 0.05) is 18.0 Å². The molecule has 0 aromatic heterocycles. The van der Waals surface area contributed by atoms with Crippen LogP contribution in [0.4, 0.5) is 0 Å². The van der Waals surface area contributed by atoms with Gasteiger partial charge in [-0.25, -0.2) is 0 Å². The van der Waals surface area contributed by atoms with Crippen molar-refractivity contribution in [3.63, 3.8) is 0 Å². The Hall–Kier alpha value is -1.15. The zero-order chi connectivity index (χ0) is 14.2. The standard InChI is InChI=1S/C18H27NO/c1-2-18(20)16-12-10-15(11-13-16)7-5-6-14-19-17-8-3-4-9-17/h10-13,17,19H,2-9,14H2,1H3. The Kier molecular flexibility index (Phi) is 6.25. The first-order valence-electron chi connectivity index (χ1n) is 8.15. The van der Waals surface area contributed by atoms with E-state index in [0.717, 1.165) is 24.6 Å². The molecule has 1 aliphatic carbocycles. The first-order valence-corrected chi connectivity index (χ1v) is 8.15. The van der Waals surface area contributed by atoms with Crippen molar-refractivity contribution in [1.82, 2.24) is 5.32 Å². The van der Waals surface area contributed by atoms with Crippen molar-refractivity contribution < 1.29 is 4.79 Å². The fourth-order valence-corrected chi connectivity index (χ4v) is 2.95. The molecule has 20 heavy (non-hydrogen) atoms. The van der Waals surface area contributed by atoms with Gasteiger partial charge in [-0.3, -0.25) is 4.79 Å². The summed E-state index contributed by atoms with van der Waals surface area (Å²) in [6.07, 6.45) is 9.72. The van der Waals surface area contributed by atoms with Gasteiger partial charge in [-0.1, -0.05) is 44.0 Å². The summed E-state index contributed by atoms with van der Waals surface area (Å²) in [4.78, 5) is 11.5. The maximum absolute atomic E-state index is 11.5. The van der Waals surface area contributed by atoms with Crippen LogP contribution in [-0.2, 0) is 6.42 Å². The molecule has 1 saturated carbocycles. The zero-order valence-corrected chi connectivity index (χ0v) is 12.7. The molecule has 2 rings (SSSR count). The minimum Gasteiger partial charge on any atom is -0.314 e. The molecule has 0 atom stereocenters. The number of carbonyl (C=O) groups excluding carboxylic acids is 1. The van der Waals surface area contributed by atoms with Gasteiger partial charge >= 0.3 is 0 Å². The zero-order valence-electron chi connectivity index (χ0n) is 12.7. The number of carbonyl (C=O) groups is 1. The molecule has 2 heteroatoms. The van der Waals surface area contributed by atoms with Crippen molar-refractivity contribution in [2.24, 2.45) is 0 Å². The Labute approximate surface area is 123 Å². The lowest BCUT2D eigenvalue weighted by molar-refractivity contribution is 0.0988. The fourth-order valence-electron chi connectivity index (χ4n) is 2.95. The number of rotatable bonds is 8. The molecule has 0 radical (unpaired) electrons. The summed E-state index contributed by atoms with van der Waals surface area (Å²) in [5.74, 6) is 0.234. The third kappa shape index (κ3) is 4.75. The number of hydrogen-bond acceptors (Lipinski definition) is 2. The van der Waals surface area contributed by atoms with Crippen LogP contribution >= 0.6 is 0 Å². The molecule has 1 aliphatic rings. The van der Waals surface area contributed by atoms with Gasteiger partial charge in [0.05, 0.1) is 0 Å². The third-order valence-electron chi connectivity index (χ3n) is 4.28. The highest BCUT2D eigenvalue weighted by molar-refractivity contribution is 5.95. The Morgan fingerprint density at radius 2 is 1.85 bits per heavy atom. The molecule has 0 heterocycles. The number of nitrogens with one attached hydrogen (secondary N) is 1. The molecule has 0 aliphatic heterocycles. The van der Waals surface area contributed by atoms with Gasteiger partial charge < -0.3 is 5.32 Å². The summed E-state index contributed by atoms with van der Waals surface area (Å²) < 4.78 is 0. The van der Waals surface area contributed by atoms with E-state index in [1.54, 1.807) is 0 Å². The first kappa shape index (κ1) is 15.2. The van der Waals surface area contributed by atoms with E-state index in [-0.39, 0.29) is 5.78 Å². The SMILES string of the molecule is CCC(=O)c1ccc(CCCCNC2CCCC2)cc1. The predicted octanol–water partition coefficient (Wildman–Crippen LogP) is 4.13. The maximum Gasteiger partial charge on any atom is 0.162 e. The molecular weight excluding hydrogens is 246 g/mol. The molecule has 0 bridgehead atoms. The third-order valence-corrected chi connectivity index (χ3v) is 4.28. The Balaban J connectivity index is 1.62. The first-order chi connectivity index (χ1) is 9.79. The number of benzene rings is 1. The maximum atomic E-state index is 11.5. The second-order valence-electron chi connectivity index (χ2n) is 5.87. The smallest absolute Gasteiger partial charge is 0.162 e. The highest BCUT2D eigenvalue weighted by Gasteiger charge is 2.13. The molecule has 2 nitrogen and oxygen atoms in total. The van der Waals surface area contributed by atoms with Crippen LogP contribution in [0.15, 0.2) is 24.3 Å². The molecule has 0 saturated heterocycles. The predicted molar refractivity (Wildman–Crippen MR) is 84.3 cm³/mol.